The Morgan fingerprint density at radius 3 is 2.76 bits per heavy atom. The van der Waals surface area contributed by atoms with Gasteiger partial charge in [0.1, 0.15) is 18.5 Å². The van der Waals surface area contributed by atoms with Crippen LogP contribution in [0.2, 0.25) is 5.02 Å². The van der Waals surface area contributed by atoms with E-state index in [0.29, 0.717) is 23.9 Å². The van der Waals surface area contributed by atoms with Gasteiger partial charge in [0.05, 0.1) is 0 Å². The second-order valence-corrected chi connectivity index (χ2v) is 6.04. The monoisotopic (exact) mass is 369 g/mol. The number of hydrogen-bond acceptors (Lipinski definition) is 3. The van der Waals surface area contributed by atoms with Crippen molar-refractivity contribution in [3.63, 3.8) is 0 Å². The molecule has 0 spiro atoms. The Kier molecular flexibility index (Phi) is 6.51. The van der Waals surface area contributed by atoms with Gasteiger partial charge >= 0.3 is 0 Å². The van der Waals surface area contributed by atoms with Crippen molar-refractivity contribution in [2.75, 3.05) is 13.2 Å². The molecule has 2 aromatic carbocycles. The van der Waals surface area contributed by atoms with Crippen LogP contribution in [0.15, 0.2) is 53.0 Å². The van der Waals surface area contributed by atoms with E-state index in [2.05, 4.69) is 21.2 Å². The van der Waals surface area contributed by atoms with E-state index in [1.807, 2.05) is 36.4 Å². The first-order chi connectivity index (χ1) is 10.1. The first-order valence-electron chi connectivity index (χ1n) is 6.65. The zero-order chi connectivity index (χ0) is 15.1. The summed E-state index contributed by atoms with van der Waals surface area (Å²) in [5.41, 5.74) is 1.16. The molecule has 3 nitrogen and oxygen atoms in total. The highest BCUT2D eigenvalue weighted by Crippen LogP contribution is 2.17. The smallest absolute Gasteiger partial charge is 0.120 e. The molecule has 1 unspecified atom stereocenters. The van der Waals surface area contributed by atoms with Gasteiger partial charge in [0, 0.05) is 22.6 Å². The fourth-order valence-corrected chi connectivity index (χ4v) is 2.47. The first kappa shape index (κ1) is 16.3. The van der Waals surface area contributed by atoms with Gasteiger partial charge < -0.3 is 15.2 Å². The Labute approximate surface area is 138 Å². The fraction of sp³-hybridized carbons (Fsp3) is 0.250. The lowest BCUT2D eigenvalue weighted by molar-refractivity contribution is 0.106. The zero-order valence-electron chi connectivity index (χ0n) is 11.4. The summed E-state index contributed by atoms with van der Waals surface area (Å²) in [5, 5.41) is 13.7. The standard InChI is InChI=1S/C16H17BrClNO2/c17-13-4-1-3-12(7-13)9-19-10-15(20)11-21-16-6-2-5-14(18)8-16/h1-8,15,19-20H,9-11H2. The van der Waals surface area contributed by atoms with Crippen molar-refractivity contribution >= 4 is 27.5 Å². The molecule has 0 bridgehead atoms. The lowest BCUT2D eigenvalue weighted by atomic mass is 10.2. The van der Waals surface area contributed by atoms with Crippen molar-refractivity contribution in [1.29, 1.82) is 0 Å². The Balaban J connectivity index is 1.69. The molecule has 0 aliphatic rings. The minimum absolute atomic E-state index is 0.228. The molecule has 0 radical (unpaired) electrons. The van der Waals surface area contributed by atoms with Crippen molar-refractivity contribution < 1.29 is 9.84 Å². The van der Waals surface area contributed by atoms with Crippen LogP contribution in [0, 0.1) is 0 Å². The van der Waals surface area contributed by atoms with E-state index in [1.165, 1.54) is 0 Å². The van der Waals surface area contributed by atoms with Crippen molar-refractivity contribution in [3.8, 4) is 5.75 Å². The lowest BCUT2D eigenvalue weighted by Gasteiger charge is -2.13. The number of benzene rings is 2. The minimum atomic E-state index is -0.573. The van der Waals surface area contributed by atoms with Gasteiger partial charge in [-0.15, -0.1) is 0 Å². The van der Waals surface area contributed by atoms with E-state index in [4.69, 9.17) is 16.3 Å². The van der Waals surface area contributed by atoms with Crippen LogP contribution in [-0.2, 0) is 6.54 Å². The fourth-order valence-electron chi connectivity index (χ4n) is 1.84. The average molecular weight is 371 g/mol. The SMILES string of the molecule is OC(CNCc1cccc(Br)c1)COc1cccc(Cl)c1. The van der Waals surface area contributed by atoms with Gasteiger partial charge in [-0.2, -0.15) is 0 Å². The zero-order valence-corrected chi connectivity index (χ0v) is 13.8. The van der Waals surface area contributed by atoms with Gasteiger partial charge in [-0.05, 0) is 35.9 Å². The van der Waals surface area contributed by atoms with Crippen molar-refractivity contribution in [1.82, 2.24) is 5.32 Å². The molecule has 21 heavy (non-hydrogen) atoms. The Morgan fingerprint density at radius 2 is 2.00 bits per heavy atom. The van der Waals surface area contributed by atoms with Crippen LogP contribution in [-0.4, -0.2) is 24.4 Å². The third-order valence-electron chi connectivity index (χ3n) is 2.84. The molecule has 0 aliphatic heterocycles. The Hall–Kier alpha value is -1.07. The normalized spacial score (nSPS) is 12.1. The number of ether oxygens (including phenoxy) is 1. The molecule has 2 N–H and O–H groups in total. The third-order valence-corrected chi connectivity index (χ3v) is 3.56. The van der Waals surface area contributed by atoms with Gasteiger partial charge in [-0.3, -0.25) is 0 Å². The maximum atomic E-state index is 9.88. The van der Waals surface area contributed by atoms with E-state index in [-0.39, 0.29) is 6.61 Å². The summed E-state index contributed by atoms with van der Waals surface area (Å²) in [6, 6.07) is 15.2. The molecule has 0 saturated carbocycles. The molecule has 5 heteroatoms. The predicted molar refractivity (Wildman–Crippen MR) is 88.8 cm³/mol. The largest absolute Gasteiger partial charge is 0.491 e. The van der Waals surface area contributed by atoms with Gasteiger partial charge in [0.2, 0.25) is 0 Å². The molecule has 0 aliphatic carbocycles. The molecular formula is C16H17BrClNO2. The maximum Gasteiger partial charge on any atom is 0.120 e. The first-order valence-corrected chi connectivity index (χ1v) is 7.82. The molecule has 0 amide bonds. The van der Waals surface area contributed by atoms with E-state index >= 15 is 0 Å². The number of halogens is 2. The third kappa shape index (κ3) is 6.06. The van der Waals surface area contributed by atoms with E-state index in [9.17, 15) is 5.11 Å². The topological polar surface area (TPSA) is 41.5 Å². The minimum Gasteiger partial charge on any atom is -0.491 e. The maximum absolute atomic E-state index is 9.88. The number of rotatable bonds is 7. The highest BCUT2D eigenvalue weighted by Gasteiger charge is 2.05. The molecule has 1 atom stereocenters. The molecule has 2 aromatic rings. The quantitative estimate of drug-likeness (QED) is 0.782. The molecule has 0 fully saturated rings. The van der Waals surface area contributed by atoms with Crippen LogP contribution >= 0.6 is 27.5 Å². The summed E-state index contributed by atoms with van der Waals surface area (Å²) < 4.78 is 6.54. The second-order valence-electron chi connectivity index (χ2n) is 4.68. The highest BCUT2D eigenvalue weighted by atomic mass is 79.9. The number of aliphatic hydroxyl groups excluding tert-OH is 1. The van der Waals surface area contributed by atoms with Crippen LogP contribution in [0.1, 0.15) is 5.56 Å². The van der Waals surface area contributed by atoms with E-state index < -0.39 is 6.10 Å². The molecule has 0 heterocycles. The van der Waals surface area contributed by atoms with Gasteiger partial charge in [-0.1, -0.05) is 45.7 Å². The van der Waals surface area contributed by atoms with Crippen molar-refractivity contribution in [2.45, 2.75) is 12.6 Å². The van der Waals surface area contributed by atoms with Gasteiger partial charge in [0.15, 0.2) is 0 Å². The van der Waals surface area contributed by atoms with E-state index in [0.717, 1.165) is 10.0 Å². The average Bonchev–Trinajstić information content (AvgIpc) is 2.45. The van der Waals surface area contributed by atoms with Crippen LogP contribution in [0.4, 0.5) is 0 Å². The van der Waals surface area contributed by atoms with Gasteiger partial charge in [-0.25, -0.2) is 0 Å². The summed E-state index contributed by atoms with van der Waals surface area (Å²) in [5.74, 6) is 0.661. The number of nitrogens with one attached hydrogen (secondary N) is 1. The Morgan fingerprint density at radius 1 is 1.19 bits per heavy atom. The van der Waals surface area contributed by atoms with Crippen LogP contribution < -0.4 is 10.1 Å². The summed E-state index contributed by atoms with van der Waals surface area (Å²) in [6.07, 6.45) is -0.573. The summed E-state index contributed by atoms with van der Waals surface area (Å²) in [6.45, 7) is 1.40. The molecule has 0 saturated heterocycles. The highest BCUT2D eigenvalue weighted by molar-refractivity contribution is 9.10. The summed E-state index contributed by atoms with van der Waals surface area (Å²) in [7, 11) is 0. The van der Waals surface area contributed by atoms with Crippen molar-refractivity contribution in [2.24, 2.45) is 0 Å². The number of hydrogen-bond donors (Lipinski definition) is 2. The second kappa shape index (κ2) is 8.39. The van der Waals surface area contributed by atoms with Gasteiger partial charge in [0.25, 0.3) is 0 Å². The van der Waals surface area contributed by atoms with Crippen LogP contribution in [0.25, 0.3) is 0 Å². The van der Waals surface area contributed by atoms with E-state index in [1.54, 1.807) is 12.1 Å². The Bertz CT molecular complexity index is 580. The number of aliphatic hydroxyl groups is 1. The van der Waals surface area contributed by atoms with Crippen LogP contribution in [0.3, 0.4) is 0 Å². The summed E-state index contributed by atoms with van der Waals surface area (Å²) >= 11 is 9.30. The molecule has 0 aromatic heterocycles. The van der Waals surface area contributed by atoms with Crippen LogP contribution in [0.5, 0.6) is 5.75 Å². The molecule has 2 rings (SSSR count). The lowest BCUT2D eigenvalue weighted by Crippen LogP contribution is -2.31. The van der Waals surface area contributed by atoms with Crippen molar-refractivity contribution in [3.05, 3.63) is 63.6 Å². The predicted octanol–water partition coefficient (Wildman–Crippen LogP) is 3.63. The summed E-state index contributed by atoms with van der Waals surface area (Å²) in [4.78, 5) is 0. The molecule has 112 valence electrons. The molecular weight excluding hydrogens is 354 g/mol.